The van der Waals surface area contributed by atoms with Crippen molar-refractivity contribution in [2.24, 2.45) is 5.41 Å². The number of carboxylic acid groups (broad SMARTS) is 1. The normalized spacial score (nSPS) is 22.8. The van der Waals surface area contributed by atoms with Gasteiger partial charge in [0.15, 0.2) is 0 Å². The average Bonchev–Trinajstić information content (AvgIpc) is 3.11. The number of urea groups is 1. The van der Waals surface area contributed by atoms with E-state index in [2.05, 4.69) is 10.6 Å². The molecule has 2 saturated carbocycles. The zero-order chi connectivity index (χ0) is 12.3. The maximum Gasteiger partial charge on any atom is 0.315 e. The fraction of sp³-hybridized carbons (Fsp3) is 0.833. The molecule has 17 heavy (non-hydrogen) atoms. The summed E-state index contributed by atoms with van der Waals surface area (Å²) in [6.45, 7) is 0.251. The van der Waals surface area contributed by atoms with Crippen LogP contribution in [0.5, 0.6) is 0 Å². The van der Waals surface area contributed by atoms with E-state index in [9.17, 15) is 14.7 Å². The Morgan fingerprint density at radius 2 is 1.82 bits per heavy atom. The first-order valence-corrected chi connectivity index (χ1v) is 6.40. The number of carbonyl (C=O) groups excluding carboxylic acids is 1. The van der Waals surface area contributed by atoms with E-state index in [1.807, 2.05) is 0 Å². The minimum atomic E-state index is -0.774. The van der Waals surface area contributed by atoms with Gasteiger partial charge >= 0.3 is 12.0 Å². The molecule has 2 aliphatic carbocycles. The topological polar surface area (TPSA) is 78.4 Å². The molecule has 0 aromatic rings. The summed E-state index contributed by atoms with van der Waals surface area (Å²) >= 11 is 0. The Morgan fingerprint density at radius 3 is 2.35 bits per heavy atom. The molecule has 2 aliphatic rings. The molecule has 0 saturated heterocycles. The lowest BCUT2D eigenvalue weighted by Crippen LogP contribution is -2.47. The zero-order valence-corrected chi connectivity index (χ0v) is 10.00. The molecule has 0 unspecified atom stereocenters. The van der Waals surface area contributed by atoms with Crippen LogP contribution in [0.2, 0.25) is 0 Å². The van der Waals surface area contributed by atoms with E-state index >= 15 is 0 Å². The van der Waals surface area contributed by atoms with Crippen LogP contribution in [0, 0.1) is 5.41 Å². The minimum Gasteiger partial charge on any atom is -0.481 e. The van der Waals surface area contributed by atoms with Crippen LogP contribution >= 0.6 is 0 Å². The number of hydrogen-bond donors (Lipinski definition) is 3. The molecule has 5 heteroatoms. The van der Waals surface area contributed by atoms with Gasteiger partial charge < -0.3 is 15.7 Å². The molecule has 0 aromatic carbocycles. The van der Waals surface area contributed by atoms with Crippen molar-refractivity contribution < 1.29 is 14.7 Å². The number of carbonyl (C=O) groups is 2. The molecule has 2 rings (SSSR count). The van der Waals surface area contributed by atoms with E-state index in [-0.39, 0.29) is 12.6 Å². The summed E-state index contributed by atoms with van der Waals surface area (Å²) in [6.07, 6.45) is 6.41. The third kappa shape index (κ3) is 3.11. The molecule has 0 heterocycles. The first-order valence-electron chi connectivity index (χ1n) is 6.40. The van der Waals surface area contributed by atoms with Crippen LogP contribution in [0.4, 0.5) is 4.79 Å². The largest absolute Gasteiger partial charge is 0.481 e. The fourth-order valence-electron chi connectivity index (χ4n) is 2.41. The molecular weight excluding hydrogens is 220 g/mol. The van der Waals surface area contributed by atoms with E-state index in [0.717, 1.165) is 32.1 Å². The van der Waals surface area contributed by atoms with Crippen molar-refractivity contribution in [1.29, 1.82) is 0 Å². The summed E-state index contributed by atoms with van der Waals surface area (Å²) in [5.74, 6) is -0.774. The predicted molar refractivity (Wildman–Crippen MR) is 62.7 cm³/mol. The highest BCUT2D eigenvalue weighted by molar-refractivity contribution is 5.78. The van der Waals surface area contributed by atoms with E-state index in [1.165, 1.54) is 0 Å². The second-order valence-electron chi connectivity index (χ2n) is 5.25. The van der Waals surface area contributed by atoms with E-state index in [1.54, 1.807) is 0 Å². The van der Waals surface area contributed by atoms with Gasteiger partial charge in [-0.05, 0) is 25.7 Å². The first kappa shape index (κ1) is 12.2. The van der Waals surface area contributed by atoms with Crippen LogP contribution in [0.3, 0.4) is 0 Å². The zero-order valence-electron chi connectivity index (χ0n) is 10.00. The van der Waals surface area contributed by atoms with Gasteiger partial charge in [0, 0.05) is 12.6 Å². The van der Waals surface area contributed by atoms with E-state index in [0.29, 0.717) is 18.9 Å². The van der Waals surface area contributed by atoms with Crippen molar-refractivity contribution in [3.8, 4) is 0 Å². The third-order valence-corrected chi connectivity index (χ3v) is 3.76. The number of rotatable bonds is 4. The molecule has 0 radical (unpaired) electrons. The lowest BCUT2D eigenvalue weighted by Gasteiger charge is -2.33. The Kier molecular flexibility index (Phi) is 3.54. The number of aliphatic carboxylic acids is 1. The van der Waals surface area contributed by atoms with Gasteiger partial charge in [-0.1, -0.05) is 19.3 Å². The van der Waals surface area contributed by atoms with Crippen LogP contribution in [-0.2, 0) is 4.79 Å². The Bertz CT molecular complexity index is 307. The van der Waals surface area contributed by atoms with Crippen LogP contribution < -0.4 is 10.6 Å². The first-order chi connectivity index (χ1) is 8.12. The molecule has 5 nitrogen and oxygen atoms in total. The molecule has 3 N–H and O–H groups in total. The summed E-state index contributed by atoms with van der Waals surface area (Å²) < 4.78 is 0. The van der Waals surface area contributed by atoms with E-state index in [4.69, 9.17) is 0 Å². The second-order valence-corrected chi connectivity index (χ2v) is 5.25. The van der Waals surface area contributed by atoms with Gasteiger partial charge in [-0.25, -0.2) is 4.79 Å². The van der Waals surface area contributed by atoms with Gasteiger partial charge in [0.25, 0.3) is 0 Å². The molecule has 0 aromatic heterocycles. The summed E-state index contributed by atoms with van der Waals surface area (Å²) in [7, 11) is 0. The monoisotopic (exact) mass is 240 g/mol. The van der Waals surface area contributed by atoms with Crippen molar-refractivity contribution in [2.45, 2.75) is 51.0 Å². The Balaban J connectivity index is 1.83. The van der Waals surface area contributed by atoms with Gasteiger partial charge in [-0.3, -0.25) is 4.79 Å². The Labute approximate surface area is 101 Å². The van der Waals surface area contributed by atoms with Gasteiger partial charge in [-0.2, -0.15) is 0 Å². The maximum atomic E-state index is 11.5. The number of hydrogen-bond acceptors (Lipinski definition) is 2. The van der Waals surface area contributed by atoms with Crippen molar-refractivity contribution in [1.82, 2.24) is 10.6 Å². The van der Waals surface area contributed by atoms with Gasteiger partial charge in [0.1, 0.15) is 0 Å². The van der Waals surface area contributed by atoms with E-state index < -0.39 is 11.4 Å². The summed E-state index contributed by atoms with van der Waals surface area (Å²) in [5.41, 5.74) is -0.737. The molecule has 0 spiro atoms. The lowest BCUT2D eigenvalue weighted by atomic mass is 9.74. The molecule has 0 bridgehead atoms. The number of amides is 2. The van der Waals surface area contributed by atoms with Gasteiger partial charge in [0.2, 0.25) is 0 Å². The second kappa shape index (κ2) is 4.94. The van der Waals surface area contributed by atoms with Crippen LogP contribution in [0.1, 0.15) is 44.9 Å². The van der Waals surface area contributed by atoms with Crippen LogP contribution in [0.15, 0.2) is 0 Å². The fourth-order valence-corrected chi connectivity index (χ4v) is 2.41. The highest BCUT2D eigenvalue weighted by atomic mass is 16.4. The average molecular weight is 240 g/mol. The van der Waals surface area contributed by atoms with Gasteiger partial charge in [0.05, 0.1) is 5.41 Å². The quantitative estimate of drug-likeness (QED) is 0.696. The van der Waals surface area contributed by atoms with Gasteiger partial charge in [-0.15, -0.1) is 0 Å². The summed E-state index contributed by atoms with van der Waals surface area (Å²) in [4.78, 5) is 22.8. The number of nitrogens with one attached hydrogen (secondary N) is 2. The maximum absolute atomic E-state index is 11.5. The van der Waals surface area contributed by atoms with Crippen LogP contribution in [0.25, 0.3) is 0 Å². The molecule has 0 aliphatic heterocycles. The highest BCUT2D eigenvalue weighted by Gasteiger charge is 2.40. The van der Waals surface area contributed by atoms with Crippen molar-refractivity contribution in [3.05, 3.63) is 0 Å². The summed E-state index contributed by atoms with van der Waals surface area (Å²) in [6, 6.07) is 0.0841. The smallest absolute Gasteiger partial charge is 0.315 e. The Morgan fingerprint density at radius 1 is 1.18 bits per heavy atom. The summed E-state index contributed by atoms with van der Waals surface area (Å²) in [5, 5.41) is 14.8. The Hall–Kier alpha value is -1.26. The predicted octanol–water partition coefficient (Wildman–Crippen LogP) is 1.48. The molecule has 2 fully saturated rings. The molecular formula is C12H20N2O3. The van der Waals surface area contributed by atoms with Crippen LogP contribution in [-0.4, -0.2) is 29.7 Å². The standard InChI is InChI=1S/C12H20N2O3/c15-10(16)12(6-2-1-3-7-12)8-13-11(17)14-9-4-5-9/h9H,1-8H2,(H,15,16)(H2,13,14,17). The highest BCUT2D eigenvalue weighted by Crippen LogP contribution is 2.36. The molecule has 0 atom stereocenters. The SMILES string of the molecule is O=C(NCC1(C(=O)O)CCCCC1)NC1CC1. The molecule has 2 amide bonds. The third-order valence-electron chi connectivity index (χ3n) is 3.76. The van der Waals surface area contributed by atoms with Crippen molar-refractivity contribution in [2.75, 3.05) is 6.54 Å². The number of carboxylic acids is 1. The minimum absolute atomic E-state index is 0.223. The lowest BCUT2D eigenvalue weighted by molar-refractivity contribution is -0.150. The van der Waals surface area contributed by atoms with Crippen molar-refractivity contribution in [3.63, 3.8) is 0 Å². The molecule has 96 valence electrons. The van der Waals surface area contributed by atoms with Crippen molar-refractivity contribution >= 4 is 12.0 Å².